The first-order valence-corrected chi connectivity index (χ1v) is 7.36. The Balaban J connectivity index is 1.89. The molecule has 2 fully saturated rings. The molecule has 1 aliphatic heterocycles. The summed E-state index contributed by atoms with van der Waals surface area (Å²) in [5.74, 6) is -1.06. The van der Waals surface area contributed by atoms with Crippen LogP contribution in [0.3, 0.4) is 0 Å². The fourth-order valence-electron chi connectivity index (χ4n) is 3.36. The molecule has 0 aromatic carbocycles. The Labute approximate surface area is 123 Å². The van der Waals surface area contributed by atoms with Crippen molar-refractivity contribution in [3.63, 3.8) is 0 Å². The van der Waals surface area contributed by atoms with Gasteiger partial charge in [-0.05, 0) is 37.6 Å². The van der Waals surface area contributed by atoms with Crippen LogP contribution in [0.1, 0.15) is 32.1 Å². The number of carbonyl (C=O) groups is 3. The number of aliphatic carboxylic acids is 1. The number of ether oxygens (including phenoxy) is 1. The number of carboxylic acids is 1. The van der Waals surface area contributed by atoms with Crippen LogP contribution in [0.4, 0.5) is 0 Å². The van der Waals surface area contributed by atoms with Crippen molar-refractivity contribution in [2.75, 3.05) is 13.7 Å². The minimum atomic E-state index is -1.13. The maximum absolute atomic E-state index is 12.3. The van der Waals surface area contributed by atoms with Crippen molar-refractivity contribution in [1.82, 2.24) is 10.6 Å². The number of amides is 1. The number of hydrogen-bond donors (Lipinski definition) is 3. The predicted octanol–water partition coefficient (Wildman–Crippen LogP) is -0.103. The lowest BCUT2D eigenvalue weighted by Crippen LogP contribution is -2.50. The van der Waals surface area contributed by atoms with Crippen LogP contribution in [0.25, 0.3) is 0 Å². The van der Waals surface area contributed by atoms with Crippen molar-refractivity contribution < 1.29 is 24.2 Å². The second kappa shape index (κ2) is 6.89. The summed E-state index contributed by atoms with van der Waals surface area (Å²) in [7, 11) is 1.25. The third-order valence-corrected chi connectivity index (χ3v) is 4.51. The fourth-order valence-corrected chi connectivity index (χ4v) is 3.36. The molecule has 1 saturated carbocycles. The highest BCUT2D eigenvalue weighted by Gasteiger charge is 2.43. The van der Waals surface area contributed by atoms with E-state index in [0.717, 1.165) is 25.8 Å². The lowest BCUT2D eigenvalue weighted by Gasteiger charge is -2.21. The van der Waals surface area contributed by atoms with Gasteiger partial charge in [-0.1, -0.05) is 6.42 Å². The molecule has 1 heterocycles. The third-order valence-electron chi connectivity index (χ3n) is 4.51. The first kappa shape index (κ1) is 15.8. The van der Waals surface area contributed by atoms with Crippen molar-refractivity contribution in [1.29, 1.82) is 0 Å². The van der Waals surface area contributed by atoms with Crippen molar-refractivity contribution in [3.8, 4) is 0 Å². The lowest BCUT2D eigenvalue weighted by molar-refractivity contribution is -0.144. The van der Waals surface area contributed by atoms with Crippen molar-refractivity contribution in [2.24, 2.45) is 11.8 Å². The SMILES string of the molecule is COC(=O)CCC(NC(=O)C1NCC2CCCC21)C(=O)O. The molecule has 7 nitrogen and oxygen atoms in total. The van der Waals surface area contributed by atoms with Crippen molar-refractivity contribution in [2.45, 2.75) is 44.2 Å². The van der Waals surface area contributed by atoms with Gasteiger partial charge in [0.05, 0.1) is 13.2 Å². The van der Waals surface area contributed by atoms with Crippen molar-refractivity contribution >= 4 is 17.8 Å². The fraction of sp³-hybridized carbons (Fsp3) is 0.786. The van der Waals surface area contributed by atoms with Crippen LogP contribution < -0.4 is 10.6 Å². The number of carbonyl (C=O) groups excluding carboxylic acids is 2. The molecule has 1 saturated heterocycles. The van der Waals surface area contributed by atoms with Gasteiger partial charge in [0.1, 0.15) is 6.04 Å². The molecule has 2 aliphatic rings. The summed E-state index contributed by atoms with van der Waals surface area (Å²) in [6.07, 6.45) is 3.28. The summed E-state index contributed by atoms with van der Waals surface area (Å²) < 4.78 is 4.48. The first-order chi connectivity index (χ1) is 10.0. The van der Waals surface area contributed by atoms with Crippen LogP contribution in [-0.4, -0.2) is 48.7 Å². The largest absolute Gasteiger partial charge is 0.480 e. The van der Waals surface area contributed by atoms with Crippen molar-refractivity contribution in [3.05, 3.63) is 0 Å². The Morgan fingerprint density at radius 3 is 2.81 bits per heavy atom. The van der Waals surface area contributed by atoms with E-state index in [0.29, 0.717) is 11.8 Å². The van der Waals surface area contributed by atoms with E-state index in [2.05, 4.69) is 15.4 Å². The quantitative estimate of drug-likeness (QED) is 0.591. The Hall–Kier alpha value is -1.63. The number of methoxy groups -OCH3 is 1. The van der Waals surface area contributed by atoms with Gasteiger partial charge in [-0.3, -0.25) is 9.59 Å². The van der Waals surface area contributed by atoms with Gasteiger partial charge in [-0.15, -0.1) is 0 Å². The molecular formula is C14H22N2O5. The maximum Gasteiger partial charge on any atom is 0.326 e. The number of carboxylic acid groups (broad SMARTS) is 1. The highest BCUT2D eigenvalue weighted by Crippen LogP contribution is 2.37. The monoisotopic (exact) mass is 298 g/mol. The molecule has 3 N–H and O–H groups in total. The van der Waals surface area contributed by atoms with Gasteiger partial charge >= 0.3 is 11.9 Å². The van der Waals surface area contributed by atoms with Crippen LogP contribution >= 0.6 is 0 Å². The average molecular weight is 298 g/mol. The van der Waals surface area contributed by atoms with Gasteiger partial charge in [0.15, 0.2) is 0 Å². The third kappa shape index (κ3) is 3.72. The molecule has 0 aromatic rings. The molecule has 4 atom stereocenters. The first-order valence-electron chi connectivity index (χ1n) is 7.36. The highest BCUT2D eigenvalue weighted by atomic mass is 16.5. The Morgan fingerprint density at radius 1 is 1.38 bits per heavy atom. The van der Waals surface area contributed by atoms with E-state index in [9.17, 15) is 14.4 Å². The highest BCUT2D eigenvalue weighted by molar-refractivity contribution is 5.87. The van der Waals surface area contributed by atoms with Gasteiger partial charge < -0.3 is 20.5 Å². The molecule has 0 spiro atoms. The molecular weight excluding hydrogens is 276 g/mol. The summed E-state index contributed by atoms with van der Waals surface area (Å²) >= 11 is 0. The summed E-state index contributed by atoms with van der Waals surface area (Å²) in [4.78, 5) is 34.5. The molecule has 118 valence electrons. The molecule has 7 heteroatoms. The zero-order chi connectivity index (χ0) is 15.4. The number of esters is 1. The molecule has 0 aromatic heterocycles. The predicted molar refractivity (Wildman–Crippen MR) is 73.4 cm³/mol. The Bertz CT molecular complexity index is 426. The normalized spacial score (nSPS) is 28.7. The summed E-state index contributed by atoms with van der Waals surface area (Å²) in [6.45, 7) is 0.822. The molecule has 4 unspecified atom stereocenters. The van der Waals surface area contributed by atoms with Gasteiger partial charge in [0, 0.05) is 6.42 Å². The van der Waals surface area contributed by atoms with Crippen LogP contribution in [-0.2, 0) is 19.1 Å². The number of rotatable bonds is 6. The molecule has 21 heavy (non-hydrogen) atoms. The van der Waals surface area contributed by atoms with Gasteiger partial charge in [0.25, 0.3) is 0 Å². The Morgan fingerprint density at radius 2 is 2.14 bits per heavy atom. The zero-order valence-corrected chi connectivity index (χ0v) is 12.1. The van der Waals surface area contributed by atoms with E-state index in [1.54, 1.807) is 0 Å². The molecule has 0 bridgehead atoms. The lowest BCUT2D eigenvalue weighted by atomic mass is 9.93. The van der Waals surface area contributed by atoms with E-state index in [-0.39, 0.29) is 24.8 Å². The van der Waals surface area contributed by atoms with Gasteiger partial charge in [0.2, 0.25) is 5.91 Å². The van der Waals surface area contributed by atoms with Crippen LogP contribution in [0.15, 0.2) is 0 Å². The van der Waals surface area contributed by atoms with E-state index in [4.69, 9.17) is 5.11 Å². The number of fused-ring (bicyclic) bond motifs is 1. The standard InChI is InChI=1S/C14H22N2O5/c1-21-11(17)6-5-10(14(19)20)16-13(18)12-9-4-2-3-8(9)7-15-12/h8-10,12,15H,2-7H2,1H3,(H,16,18)(H,19,20). The van der Waals surface area contributed by atoms with Gasteiger partial charge in [-0.25, -0.2) is 4.79 Å². The molecule has 1 aliphatic carbocycles. The summed E-state index contributed by atoms with van der Waals surface area (Å²) in [6, 6.07) is -1.36. The summed E-state index contributed by atoms with van der Waals surface area (Å²) in [5, 5.41) is 14.9. The van der Waals surface area contributed by atoms with E-state index in [1.807, 2.05) is 0 Å². The topological polar surface area (TPSA) is 105 Å². The Kier molecular flexibility index (Phi) is 5.17. The number of nitrogens with one attached hydrogen (secondary N) is 2. The van der Waals surface area contributed by atoms with E-state index >= 15 is 0 Å². The van der Waals surface area contributed by atoms with E-state index in [1.165, 1.54) is 7.11 Å². The molecule has 0 radical (unpaired) electrons. The van der Waals surface area contributed by atoms with E-state index < -0.39 is 18.0 Å². The van der Waals surface area contributed by atoms with Crippen LogP contribution in [0.5, 0.6) is 0 Å². The molecule has 2 rings (SSSR count). The summed E-state index contributed by atoms with van der Waals surface area (Å²) in [5.41, 5.74) is 0. The number of hydrogen-bond acceptors (Lipinski definition) is 5. The molecule has 1 amide bonds. The zero-order valence-electron chi connectivity index (χ0n) is 12.1. The minimum absolute atomic E-state index is 0.0299. The second-order valence-corrected chi connectivity index (χ2v) is 5.75. The van der Waals surface area contributed by atoms with Gasteiger partial charge in [-0.2, -0.15) is 0 Å². The minimum Gasteiger partial charge on any atom is -0.480 e. The average Bonchev–Trinajstić information content (AvgIpc) is 3.04. The second-order valence-electron chi connectivity index (χ2n) is 5.75. The van der Waals surface area contributed by atoms with Crippen LogP contribution in [0.2, 0.25) is 0 Å². The maximum atomic E-state index is 12.3. The smallest absolute Gasteiger partial charge is 0.326 e. The van der Waals surface area contributed by atoms with Crippen LogP contribution in [0, 0.1) is 11.8 Å².